The molecule has 1 amide bonds. The number of phosphoric ester groups is 1. The Morgan fingerprint density at radius 2 is 2.14 bits per heavy atom. The highest BCUT2D eigenvalue weighted by Crippen LogP contribution is 2.57. The third-order valence-electron chi connectivity index (χ3n) is 5.85. The molecule has 1 aromatic carbocycles. The number of allylic oxidation sites excluding steroid dienone is 1. The van der Waals surface area contributed by atoms with Gasteiger partial charge in [0.2, 0.25) is 11.7 Å². The molecule has 10 nitrogen and oxygen atoms in total. The molecule has 3 aliphatic heterocycles. The zero-order chi connectivity index (χ0) is 25.9. The predicted molar refractivity (Wildman–Crippen MR) is 123 cm³/mol. The van der Waals surface area contributed by atoms with Crippen molar-refractivity contribution in [1.82, 2.24) is 4.90 Å². The van der Waals surface area contributed by atoms with E-state index < -0.39 is 62.3 Å². The molecular weight excluding hydrogens is 520 g/mol. The van der Waals surface area contributed by atoms with E-state index in [1.807, 2.05) is 6.92 Å². The summed E-state index contributed by atoms with van der Waals surface area (Å²) in [6.07, 6.45) is -2.13. The molecule has 2 unspecified atom stereocenters. The number of hydrogen-bond donors (Lipinski definition) is 0. The molecule has 0 N–H and O–H groups in total. The molecule has 36 heavy (non-hydrogen) atoms. The number of nitrogens with zero attached hydrogens (tertiary/aromatic N) is 1. The Morgan fingerprint density at radius 1 is 1.33 bits per heavy atom. The van der Waals surface area contributed by atoms with Gasteiger partial charge in [-0.1, -0.05) is 30.7 Å². The molecule has 196 valence electrons. The highest BCUT2D eigenvalue weighted by molar-refractivity contribution is 7.48. The first-order chi connectivity index (χ1) is 17.2. The van der Waals surface area contributed by atoms with Crippen molar-refractivity contribution in [3.05, 3.63) is 46.9 Å². The lowest BCUT2D eigenvalue weighted by atomic mass is 10.1. The van der Waals surface area contributed by atoms with E-state index in [4.69, 9.17) is 34.6 Å². The minimum absolute atomic E-state index is 0.00431. The van der Waals surface area contributed by atoms with Crippen LogP contribution < -0.4 is 0 Å². The van der Waals surface area contributed by atoms with Crippen molar-refractivity contribution < 1.29 is 46.4 Å². The molecule has 2 saturated heterocycles. The fourth-order valence-corrected chi connectivity index (χ4v) is 5.67. The number of esters is 1. The van der Waals surface area contributed by atoms with Crippen molar-refractivity contribution >= 4 is 37.1 Å². The molecule has 0 radical (unpaired) electrons. The SMILES string of the molecule is CCCC(=O)O[C@H]1C[C@H](N2C=C(F)C(=O)CC2=O)O[C@@H]1COP1(=O)OCCC(c2cccc(Cl)c2)O1. The highest BCUT2D eigenvalue weighted by atomic mass is 35.5. The van der Waals surface area contributed by atoms with E-state index in [1.165, 1.54) is 0 Å². The zero-order valence-corrected chi connectivity index (χ0v) is 21.1. The second-order valence-corrected chi connectivity index (χ2v) is 10.6. The lowest BCUT2D eigenvalue weighted by Crippen LogP contribution is -2.40. The van der Waals surface area contributed by atoms with Crippen LogP contribution in [0.4, 0.5) is 4.39 Å². The van der Waals surface area contributed by atoms with Crippen molar-refractivity contribution in [1.29, 1.82) is 0 Å². The minimum Gasteiger partial charge on any atom is -0.459 e. The first-order valence-electron chi connectivity index (χ1n) is 11.6. The molecule has 5 atom stereocenters. The fourth-order valence-electron chi connectivity index (χ4n) is 4.08. The third-order valence-corrected chi connectivity index (χ3v) is 7.56. The van der Waals surface area contributed by atoms with E-state index >= 15 is 0 Å². The van der Waals surface area contributed by atoms with Crippen molar-refractivity contribution in [2.45, 2.75) is 63.6 Å². The number of amides is 1. The van der Waals surface area contributed by atoms with Gasteiger partial charge in [-0.3, -0.25) is 32.9 Å². The number of benzene rings is 1. The topological polar surface area (TPSA) is 118 Å². The van der Waals surface area contributed by atoms with Crippen LogP contribution in [0.3, 0.4) is 0 Å². The number of rotatable bonds is 8. The Bertz CT molecular complexity index is 1100. The van der Waals surface area contributed by atoms with Gasteiger partial charge >= 0.3 is 13.8 Å². The van der Waals surface area contributed by atoms with Gasteiger partial charge in [-0.25, -0.2) is 8.96 Å². The van der Waals surface area contributed by atoms with Crippen molar-refractivity contribution in [2.24, 2.45) is 0 Å². The van der Waals surface area contributed by atoms with Crippen LogP contribution in [0.5, 0.6) is 0 Å². The number of carbonyl (C=O) groups is 3. The van der Waals surface area contributed by atoms with Crippen LogP contribution >= 0.6 is 19.4 Å². The summed E-state index contributed by atoms with van der Waals surface area (Å²) < 4.78 is 54.9. The molecule has 4 rings (SSSR count). The second kappa shape index (κ2) is 11.5. The Morgan fingerprint density at radius 3 is 2.89 bits per heavy atom. The summed E-state index contributed by atoms with van der Waals surface area (Å²) in [5.41, 5.74) is 0.713. The molecule has 2 fully saturated rings. The molecular formula is C23H26ClFNO9P. The lowest BCUT2D eigenvalue weighted by molar-refractivity contribution is -0.155. The van der Waals surface area contributed by atoms with E-state index in [-0.39, 0.29) is 26.1 Å². The van der Waals surface area contributed by atoms with Crippen LogP contribution in [-0.2, 0) is 42.0 Å². The summed E-state index contributed by atoms with van der Waals surface area (Å²) in [5.74, 6) is -3.13. The molecule has 3 aliphatic rings. The average molecular weight is 546 g/mol. The smallest absolute Gasteiger partial charge is 0.459 e. The summed E-state index contributed by atoms with van der Waals surface area (Å²) in [6.45, 7) is 1.57. The maximum absolute atomic E-state index is 13.9. The lowest BCUT2D eigenvalue weighted by Gasteiger charge is -2.30. The Kier molecular flexibility index (Phi) is 8.59. The molecule has 0 bridgehead atoms. The first kappa shape index (κ1) is 26.9. The van der Waals surface area contributed by atoms with E-state index in [2.05, 4.69) is 0 Å². The summed E-state index contributed by atoms with van der Waals surface area (Å²) in [6, 6.07) is 6.94. The van der Waals surface area contributed by atoms with E-state index in [0.29, 0.717) is 23.4 Å². The largest absolute Gasteiger partial charge is 0.475 e. The molecule has 0 saturated carbocycles. The first-order valence-corrected chi connectivity index (χ1v) is 13.4. The summed E-state index contributed by atoms with van der Waals surface area (Å²) in [7, 11) is -4.02. The Balaban J connectivity index is 1.45. The van der Waals surface area contributed by atoms with Gasteiger partial charge in [0.15, 0.2) is 5.83 Å². The summed E-state index contributed by atoms with van der Waals surface area (Å²) in [4.78, 5) is 36.9. The highest BCUT2D eigenvalue weighted by Gasteiger charge is 2.45. The van der Waals surface area contributed by atoms with Crippen LogP contribution in [0.2, 0.25) is 5.02 Å². The molecule has 1 aromatic rings. The maximum Gasteiger partial charge on any atom is 0.475 e. The van der Waals surface area contributed by atoms with Gasteiger partial charge in [0, 0.05) is 30.5 Å². The zero-order valence-electron chi connectivity index (χ0n) is 19.5. The molecule has 0 aliphatic carbocycles. The number of hydrogen-bond acceptors (Lipinski definition) is 9. The third kappa shape index (κ3) is 6.40. The number of ether oxygens (including phenoxy) is 2. The van der Waals surface area contributed by atoms with Gasteiger partial charge in [0.05, 0.1) is 25.7 Å². The number of carbonyl (C=O) groups excluding carboxylic acids is 3. The van der Waals surface area contributed by atoms with Gasteiger partial charge in [0.25, 0.3) is 0 Å². The van der Waals surface area contributed by atoms with Crippen LogP contribution in [0.25, 0.3) is 0 Å². The molecule has 3 heterocycles. The van der Waals surface area contributed by atoms with E-state index in [1.54, 1.807) is 24.3 Å². The quantitative estimate of drug-likeness (QED) is 0.266. The molecule has 0 aromatic heterocycles. The van der Waals surface area contributed by atoms with Crippen LogP contribution in [0, 0.1) is 0 Å². The van der Waals surface area contributed by atoms with Gasteiger partial charge < -0.3 is 9.47 Å². The molecule has 0 spiro atoms. The minimum atomic E-state index is -4.02. The van der Waals surface area contributed by atoms with Crippen molar-refractivity contribution in [2.75, 3.05) is 13.2 Å². The maximum atomic E-state index is 13.9. The van der Waals surface area contributed by atoms with E-state index in [0.717, 1.165) is 11.1 Å². The molecule has 13 heteroatoms. The van der Waals surface area contributed by atoms with Gasteiger partial charge in [-0.2, -0.15) is 0 Å². The van der Waals surface area contributed by atoms with Gasteiger partial charge in [-0.05, 0) is 24.1 Å². The number of halogens is 2. The van der Waals surface area contributed by atoms with Gasteiger partial charge in [0.1, 0.15) is 18.4 Å². The second-order valence-electron chi connectivity index (χ2n) is 8.54. The summed E-state index contributed by atoms with van der Waals surface area (Å²) >= 11 is 6.05. The average Bonchev–Trinajstić information content (AvgIpc) is 3.22. The fraction of sp³-hybridized carbons (Fsp3) is 0.522. The van der Waals surface area contributed by atoms with Crippen molar-refractivity contribution in [3.63, 3.8) is 0 Å². The van der Waals surface area contributed by atoms with E-state index in [9.17, 15) is 23.3 Å². The Hall–Kier alpha value is -2.14. The normalized spacial score (nSPS) is 30.9. The van der Waals surface area contributed by atoms with Gasteiger partial charge in [-0.15, -0.1) is 0 Å². The standard InChI is InChI=1S/C23H26ClFNO9P/c1-2-4-23(29)34-19-11-22(26-12-16(25)17(27)10-21(26)28)33-20(19)13-32-36(30)31-8-7-18(35-36)14-5-3-6-15(24)9-14/h3,5-6,9,12,18-20,22H,2,4,7-8,10-11,13H2,1H3/t18?,19-,20+,22+,36?/m0/s1. The number of Topliss-reactive ketones (excluding diaryl/α,β-unsaturated/α-hetero) is 1. The predicted octanol–water partition coefficient (Wildman–Crippen LogP) is 4.38. The number of phosphoric acid groups is 1. The van der Waals surface area contributed by atoms with Crippen LogP contribution in [-0.4, -0.2) is 54.2 Å². The monoisotopic (exact) mass is 545 g/mol. The van der Waals surface area contributed by atoms with Crippen molar-refractivity contribution in [3.8, 4) is 0 Å². The Labute approximate surface area is 212 Å². The summed E-state index contributed by atoms with van der Waals surface area (Å²) in [5, 5.41) is 0.500. The van der Waals surface area contributed by atoms with Crippen LogP contribution in [0.15, 0.2) is 36.3 Å². The van der Waals surface area contributed by atoms with Crippen LogP contribution in [0.1, 0.15) is 50.7 Å². The number of ketones is 1.